The largest absolute Gasteiger partial charge is 0.395 e. The molecule has 1 aromatic heterocycles. The molecule has 0 spiro atoms. The number of benzene rings is 3. The molecule has 0 aliphatic rings. The second-order valence-corrected chi connectivity index (χ2v) is 8.06. The maximum Gasteiger partial charge on any atom is 0.272 e. The van der Waals surface area contributed by atoms with Crippen molar-refractivity contribution in [2.45, 2.75) is 0 Å². The van der Waals surface area contributed by atoms with Gasteiger partial charge in [0.05, 0.1) is 6.61 Å². The average molecular weight is 456 g/mol. The Labute approximate surface area is 199 Å². The van der Waals surface area contributed by atoms with Gasteiger partial charge in [0.2, 0.25) is 0 Å². The highest BCUT2D eigenvalue weighted by atomic mass is 16.3. The summed E-state index contributed by atoms with van der Waals surface area (Å²) in [7, 11) is 3.80. The van der Waals surface area contributed by atoms with Crippen molar-refractivity contribution in [3.8, 4) is 0 Å². The molecule has 174 valence electrons. The Hall–Kier alpha value is -4.23. The second-order valence-electron chi connectivity index (χ2n) is 8.06. The summed E-state index contributed by atoms with van der Waals surface area (Å²) < 4.78 is 1.79. The predicted molar refractivity (Wildman–Crippen MR) is 140 cm³/mol. The molecule has 0 fully saturated rings. The third-order valence-corrected chi connectivity index (χ3v) is 5.52. The molecule has 0 aliphatic carbocycles. The minimum absolute atomic E-state index is 0.131. The molecule has 0 saturated carbocycles. The summed E-state index contributed by atoms with van der Waals surface area (Å²) >= 11 is 0. The summed E-state index contributed by atoms with van der Waals surface area (Å²) in [6.07, 6.45) is 1.85. The summed E-state index contributed by atoms with van der Waals surface area (Å²) in [6.45, 7) is 0.734. The maximum atomic E-state index is 12.3. The molecule has 0 radical (unpaired) electrons. The zero-order valence-corrected chi connectivity index (χ0v) is 19.3. The average Bonchev–Trinajstić information content (AvgIpc) is 3.28. The van der Waals surface area contributed by atoms with Gasteiger partial charge in [0, 0.05) is 61.0 Å². The Morgan fingerprint density at radius 3 is 1.71 bits per heavy atom. The fourth-order valence-electron chi connectivity index (χ4n) is 3.58. The van der Waals surface area contributed by atoms with Crippen molar-refractivity contribution in [3.05, 3.63) is 96.8 Å². The third kappa shape index (κ3) is 5.76. The zero-order valence-electron chi connectivity index (χ0n) is 19.3. The van der Waals surface area contributed by atoms with Crippen molar-refractivity contribution in [2.75, 3.05) is 41.0 Å². The van der Waals surface area contributed by atoms with Crippen molar-refractivity contribution < 1.29 is 9.90 Å². The SMILES string of the molecule is CN(CCO)c1ccc(Nc2ccc(Nc3ccc(NC(=O)c4cccn4C)cc3)cc2)cc1. The Morgan fingerprint density at radius 1 is 0.794 bits per heavy atom. The van der Waals surface area contributed by atoms with E-state index >= 15 is 0 Å². The normalized spacial score (nSPS) is 10.6. The molecule has 4 N–H and O–H groups in total. The number of aliphatic hydroxyl groups excluding tert-OH is 1. The zero-order chi connectivity index (χ0) is 23.9. The number of aryl methyl sites for hydroxylation is 1. The molecule has 0 unspecified atom stereocenters. The van der Waals surface area contributed by atoms with E-state index in [1.807, 2.05) is 104 Å². The van der Waals surface area contributed by atoms with E-state index in [0.717, 1.165) is 34.1 Å². The molecule has 7 nitrogen and oxygen atoms in total. The third-order valence-electron chi connectivity index (χ3n) is 5.52. The van der Waals surface area contributed by atoms with Crippen LogP contribution in [0.15, 0.2) is 91.1 Å². The Balaban J connectivity index is 1.32. The van der Waals surface area contributed by atoms with Crippen LogP contribution in [-0.4, -0.2) is 35.8 Å². The molecule has 0 saturated heterocycles. The molecule has 0 atom stereocenters. The van der Waals surface area contributed by atoms with Crippen LogP contribution in [0, 0.1) is 0 Å². The number of hydrogen-bond acceptors (Lipinski definition) is 5. The van der Waals surface area contributed by atoms with E-state index in [0.29, 0.717) is 12.2 Å². The van der Waals surface area contributed by atoms with Gasteiger partial charge in [-0.25, -0.2) is 0 Å². The number of hydrogen-bond donors (Lipinski definition) is 4. The van der Waals surface area contributed by atoms with Crippen molar-refractivity contribution in [1.82, 2.24) is 4.57 Å². The van der Waals surface area contributed by atoms with E-state index in [9.17, 15) is 4.79 Å². The predicted octanol–water partition coefficient (Wildman–Crippen LogP) is 5.19. The summed E-state index contributed by atoms with van der Waals surface area (Å²) in [4.78, 5) is 14.4. The lowest BCUT2D eigenvalue weighted by Crippen LogP contribution is -2.20. The second kappa shape index (κ2) is 10.6. The van der Waals surface area contributed by atoms with Crippen LogP contribution in [-0.2, 0) is 7.05 Å². The van der Waals surface area contributed by atoms with Crippen LogP contribution in [0.25, 0.3) is 0 Å². The molecule has 1 heterocycles. The number of anilines is 6. The van der Waals surface area contributed by atoms with Crippen LogP contribution in [0.3, 0.4) is 0 Å². The fourth-order valence-corrected chi connectivity index (χ4v) is 3.58. The van der Waals surface area contributed by atoms with Crippen LogP contribution in [0.4, 0.5) is 34.1 Å². The Morgan fingerprint density at radius 2 is 1.26 bits per heavy atom. The molecule has 4 aromatic rings. The van der Waals surface area contributed by atoms with Crippen LogP contribution in [0.2, 0.25) is 0 Å². The molecule has 0 aliphatic heterocycles. The van der Waals surface area contributed by atoms with Gasteiger partial charge >= 0.3 is 0 Å². The summed E-state index contributed by atoms with van der Waals surface area (Å²) in [5.41, 5.74) is 6.29. The van der Waals surface area contributed by atoms with E-state index in [-0.39, 0.29) is 12.5 Å². The summed E-state index contributed by atoms with van der Waals surface area (Å²) in [6, 6.07) is 27.4. The summed E-state index contributed by atoms with van der Waals surface area (Å²) in [5, 5.41) is 18.8. The fraction of sp³-hybridized carbons (Fsp3) is 0.148. The van der Waals surface area contributed by atoms with Crippen molar-refractivity contribution in [3.63, 3.8) is 0 Å². The number of nitrogens with zero attached hydrogens (tertiary/aromatic N) is 2. The molecular formula is C27H29N5O2. The minimum atomic E-state index is -0.136. The summed E-state index contributed by atoms with van der Waals surface area (Å²) in [5.74, 6) is -0.136. The van der Waals surface area contributed by atoms with Gasteiger partial charge in [0.15, 0.2) is 0 Å². The number of likely N-dealkylation sites (N-methyl/N-ethyl adjacent to an activating group) is 1. The minimum Gasteiger partial charge on any atom is -0.395 e. The molecule has 4 rings (SSSR count). The quantitative estimate of drug-likeness (QED) is 0.279. The molecule has 0 bridgehead atoms. The lowest BCUT2D eigenvalue weighted by atomic mass is 10.2. The van der Waals surface area contributed by atoms with Gasteiger partial charge in [-0.05, 0) is 84.9 Å². The van der Waals surface area contributed by atoms with Gasteiger partial charge in [-0.2, -0.15) is 0 Å². The van der Waals surface area contributed by atoms with Gasteiger partial charge in [-0.15, -0.1) is 0 Å². The van der Waals surface area contributed by atoms with Crippen LogP contribution in [0.5, 0.6) is 0 Å². The number of nitrogens with one attached hydrogen (secondary N) is 3. The molecule has 7 heteroatoms. The first-order valence-corrected chi connectivity index (χ1v) is 11.1. The maximum absolute atomic E-state index is 12.3. The number of carbonyl (C=O) groups excluding carboxylic acids is 1. The van der Waals surface area contributed by atoms with Crippen LogP contribution < -0.4 is 20.9 Å². The van der Waals surface area contributed by atoms with Gasteiger partial charge in [0.1, 0.15) is 5.69 Å². The number of carbonyl (C=O) groups is 1. The van der Waals surface area contributed by atoms with Gasteiger partial charge in [-0.3, -0.25) is 4.79 Å². The number of aliphatic hydroxyl groups is 1. The number of rotatable bonds is 9. The molecule has 1 amide bonds. The lowest BCUT2D eigenvalue weighted by Gasteiger charge is -2.18. The van der Waals surface area contributed by atoms with Crippen LogP contribution >= 0.6 is 0 Å². The van der Waals surface area contributed by atoms with Gasteiger partial charge in [0.25, 0.3) is 5.91 Å². The van der Waals surface area contributed by atoms with E-state index in [1.165, 1.54) is 0 Å². The van der Waals surface area contributed by atoms with Gasteiger partial charge in [-0.1, -0.05) is 0 Å². The first-order valence-electron chi connectivity index (χ1n) is 11.1. The molecule has 3 aromatic carbocycles. The smallest absolute Gasteiger partial charge is 0.272 e. The lowest BCUT2D eigenvalue weighted by molar-refractivity contribution is 0.101. The molecular weight excluding hydrogens is 426 g/mol. The van der Waals surface area contributed by atoms with Crippen molar-refractivity contribution in [2.24, 2.45) is 7.05 Å². The first-order chi connectivity index (χ1) is 16.5. The van der Waals surface area contributed by atoms with E-state index in [1.54, 1.807) is 10.6 Å². The number of aromatic nitrogens is 1. The van der Waals surface area contributed by atoms with E-state index in [2.05, 4.69) is 16.0 Å². The molecule has 34 heavy (non-hydrogen) atoms. The van der Waals surface area contributed by atoms with Crippen molar-refractivity contribution >= 4 is 40.0 Å². The van der Waals surface area contributed by atoms with Crippen molar-refractivity contribution in [1.29, 1.82) is 0 Å². The van der Waals surface area contributed by atoms with Crippen LogP contribution in [0.1, 0.15) is 10.5 Å². The van der Waals surface area contributed by atoms with Gasteiger partial charge < -0.3 is 30.5 Å². The Kier molecular flexibility index (Phi) is 7.15. The highest BCUT2D eigenvalue weighted by Crippen LogP contribution is 2.24. The van der Waals surface area contributed by atoms with E-state index < -0.39 is 0 Å². The Bertz CT molecular complexity index is 1220. The topological polar surface area (TPSA) is 81.6 Å². The highest BCUT2D eigenvalue weighted by molar-refractivity contribution is 6.03. The standard InChI is InChI=1S/C27H29N5O2/c1-31(18-19-33)25-15-13-23(14-16-25)29-21-7-5-20(6-8-21)28-22-9-11-24(12-10-22)30-27(34)26-4-3-17-32(26)2/h3-17,28-29,33H,18-19H2,1-2H3,(H,30,34). The van der Waals surface area contributed by atoms with E-state index in [4.69, 9.17) is 5.11 Å². The number of amides is 1. The highest BCUT2D eigenvalue weighted by Gasteiger charge is 2.09. The first kappa shape index (κ1) is 22.9. The monoisotopic (exact) mass is 455 g/mol.